The number of hydrogen-bond acceptors (Lipinski definition) is 5. The van der Waals surface area contributed by atoms with E-state index in [0.717, 1.165) is 11.1 Å². The van der Waals surface area contributed by atoms with E-state index in [1.165, 1.54) is 0 Å². The van der Waals surface area contributed by atoms with Crippen molar-refractivity contribution >= 4 is 5.78 Å². The van der Waals surface area contributed by atoms with Gasteiger partial charge in [-0.05, 0) is 38.4 Å². The van der Waals surface area contributed by atoms with Gasteiger partial charge in [0.05, 0.1) is 11.0 Å². The maximum absolute atomic E-state index is 12.5. The van der Waals surface area contributed by atoms with Crippen molar-refractivity contribution in [3.8, 4) is 11.5 Å². The van der Waals surface area contributed by atoms with Crippen molar-refractivity contribution in [3.63, 3.8) is 0 Å². The number of nitrogens with zero attached hydrogens (tertiary/aromatic N) is 1. The van der Waals surface area contributed by atoms with Gasteiger partial charge in [0.2, 0.25) is 0 Å². The SMILES string of the molecule is C[C@H]1N(C)C2C[C@]34c5c2ccc(O)c5OC3C(=O)CC[C@@]14O. The van der Waals surface area contributed by atoms with E-state index in [1.54, 1.807) is 6.07 Å². The predicted molar refractivity (Wildman–Crippen MR) is 78.0 cm³/mol. The number of Topliss-reactive ketones (excluding diaryl/α,β-unsaturated/α-hetero) is 1. The third-order valence-electron chi connectivity index (χ3n) is 6.78. The molecule has 2 bridgehead atoms. The molecule has 2 heterocycles. The lowest BCUT2D eigenvalue weighted by Crippen LogP contribution is -2.71. The Bertz CT molecular complexity index is 732. The molecule has 0 radical (unpaired) electrons. The van der Waals surface area contributed by atoms with Crippen molar-refractivity contribution in [2.75, 3.05) is 7.05 Å². The summed E-state index contributed by atoms with van der Waals surface area (Å²) in [6.07, 6.45) is 0.815. The summed E-state index contributed by atoms with van der Waals surface area (Å²) in [5.74, 6) is 0.533. The molecule has 2 aliphatic heterocycles. The Hall–Kier alpha value is -1.59. The lowest BCUT2D eigenvalue weighted by atomic mass is 9.55. The van der Waals surface area contributed by atoms with E-state index < -0.39 is 17.1 Å². The second-order valence-corrected chi connectivity index (χ2v) is 7.30. The normalized spacial score (nSPS) is 44.9. The highest BCUT2D eigenvalue weighted by atomic mass is 16.5. The van der Waals surface area contributed by atoms with Crippen molar-refractivity contribution in [2.45, 2.75) is 55.4 Å². The number of ether oxygens (including phenoxy) is 1. The van der Waals surface area contributed by atoms with Gasteiger partial charge in [-0.1, -0.05) is 6.07 Å². The van der Waals surface area contributed by atoms with Crippen LogP contribution in [0.1, 0.15) is 43.4 Å². The number of aliphatic hydroxyl groups is 1. The van der Waals surface area contributed by atoms with E-state index in [-0.39, 0.29) is 23.6 Å². The maximum atomic E-state index is 12.5. The molecule has 1 aromatic carbocycles. The van der Waals surface area contributed by atoms with Crippen molar-refractivity contribution in [2.24, 2.45) is 0 Å². The van der Waals surface area contributed by atoms with Gasteiger partial charge in [0.15, 0.2) is 23.4 Å². The molecule has 5 heteroatoms. The molecule has 1 aromatic rings. The smallest absolute Gasteiger partial charge is 0.174 e. The average Bonchev–Trinajstić information content (AvgIpc) is 3.00. The largest absolute Gasteiger partial charge is 0.504 e. The lowest BCUT2D eigenvalue weighted by Gasteiger charge is -2.57. The minimum Gasteiger partial charge on any atom is -0.504 e. The molecule has 5 rings (SSSR count). The summed E-state index contributed by atoms with van der Waals surface area (Å²) in [6.45, 7) is 2.03. The van der Waals surface area contributed by atoms with Gasteiger partial charge < -0.3 is 14.9 Å². The van der Waals surface area contributed by atoms with Crippen LogP contribution in [0.4, 0.5) is 0 Å². The second kappa shape index (κ2) is 3.49. The molecule has 2 N–H and O–H groups in total. The molecule has 0 aromatic heterocycles. The number of ketones is 1. The number of phenols is 1. The fourth-order valence-electron chi connectivity index (χ4n) is 5.60. The fourth-order valence-corrected chi connectivity index (χ4v) is 5.60. The molecule has 1 saturated heterocycles. The Labute approximate surface area is 128 Å². The molecule has 1 spiro atoms. The van der Waals surface area contributed by atoms with E-state index >= 15 is 0 Å². The molecule has 116 valence electrons. The summed E-state index contributed by atoms with van der Waals surface area (Å²) >= 11 is 0. The number of piperidine rings is 1. The van der Waals surface area contributed by atoms with Gasteiger partial charge in [0, 0.05) is 24.1 Å². The number of hydrogen-bond donors (Lipinski definition) is 2. The number of rotatable bonds is 0. The van der Waals surface area contributed by atoms with Gasteiger partial charge in [0.1, 0.15) is 0 Å². The topological polar surface area (TPSA) is 70.0 Å². The monoisotopic (exact) mass is 301 g/mol. The zero-order chi connectivity index (χ0) is 15.4. The van der Waals surface area contributed by atoms with E-state index in [9.17, 15) is 15.0 Å². The Morgan fingerprint density at radius 1 is 1.41 bits per heavy atom. The van der Waals surface area contributed by atoms with Crippen molar-refractivity contribution < 1.29 is 19.7 Å². The van der Waals surface area contributed by atoms with Gasteiger partial charge in [0.25, 0.3) is 0 Å². The summed E-state index contributed by atoms with van der Waals surface area (Å²) in [5, 5.41) is 21.8. The second-order valence-electron chi connectivity index (χ2n) is 7.30. The van der Waals surface area contributed by atoms with Crippen LogP contribution in [0, 0.1) is 0 Å². The van der Waals surface area contributed by atoms with Crippen LogP contribution in [0.2, 0.25) is 0 Å². The molecule has 1 saturated carbocycles. The summed E-state index contributed by atoms with van der Waals surface area (Å²) in [5.41, 5.74) is 0.285. The van der Waals surface area contributed by atoms with Gasteiger partial charge in [-0.15, -0.1) is 0 Å². The van der Waals surface area contributed by atoms with E-state index in [4.69, 9.17) is 4.74 Å². The molecule has 2 fully saturated rings. The van der Waals surface area contributed by atoms with Crippen LogP contribution in [0.15, 0.2) is 12.1 Å². The highest BCUT2D eigenvalue weighted by Crippen LogP contribution is 2.69. The third kappa shape index (κ3) is 1.04. The van der Waals surface area contributed by atoms with Crippen molar-refractivity contribution in [1.29, 1.82) is 0 Å². The number of likely N-dealkylation sites (N-methyl/N-ethyl adjacent to an activating group) is 1. The number of aromatic hydroxyl groups is 1. The molecular formula is C17H19NO4. The summed E-state index contributed by atoms with van der Waals surface area (Å²) in [6, 6.07) is 3.67. The quantitative estimate of drug-likeness (QED) is 0.755. The molecule has 2 unspecified atom stereocenters. The minimum atomic E-state index is -0.999. The van der Waals surface area contributed by atoms with Crippen LogP contribution in [0.5, 0.6) is 11.5 Å². The Kier molecular flexibility index (Phi) is 2.05. The molecular weight excluding hydrogens is 282 g/mol. The first kappa shape index (κ1) is 12.9. The number of carbonyl (C=O) groups is 1. The lowest BCUT2D eigenvalue weighted by molar-refractivity contribution is -0.182. The Balaban J connectivity index is 1.90. The Morgan fingerprint density at radius 3 is 2.95 bits per heavy atom. The number of fused-ring (bicyclic) bond motifs is 2. The predicted octanol–water partition coefficient (Wildman–Crippen LogP) is 1.26. The van der Waals surface area contributed by atoms with Gasteiger partial charge in [-0.3, -0.25) is 9.69 Å². The molecule has 22 heavy (non-hydrogen) atoms. The summed E-state index contributed by atoms with van der Waals surface area (Å²) < 4.78 is 5.91. The number of benzene rings is 1. The van der Waals surface area contributed by atoms with Crippen LogP contribution >= 0.6 is 0 Å². The van der Waals surface area contributed by atoms with Gasteiger partial charge in [-0.2, -0.15) is 0 Å². The molecule has 5 atom stereocenters. The average molecular weight is 301 g/mol. The van der Waals surface area contributed by atoms with Crippen LogP contribution in [0.3, 0.4) is 0 Å². The van der Waals surface area contributed by atoms with Crippen LogP contribution in [-0.2, 0) is 10.2 Å². The van der Waals surface area contributed by atoms with Crippen LogP contribution < -0.4 is 4.74 Å². The molecule has 4 aliphatic rings. The number of likely N-dealkylation sites (tertiary alicyclic amines) is 1. The van der Waals surface area contributed by atoms with E-state index in [2.05, 4.69) is 4.90 Å². The van der Waals surface area contributed by atoms with Gasteiger partial charge >= 0.3 is 0 Å². The number of carbonyl (C=O) groups excluding carboxylic acids is 1. The van der Waals surface area contributed by atoms with Crippen LogP contribution in [0.25, 0.3) is 0 Å². The standard InChI is InChI=1S/C17H19NO4/c1-8-17(21)6-5-12(20)15-16(17)7-10(18(8)2)9-3-4-11(19)14(22-15)13(9)16/h3-4,8,10,15,19,21H,5-7H2,1-2H3/t8-,10?,15?,16+,17-/m1/s1. The third-order valence-corrected chi connectivity index (χ3v) is 6.78. The van der Waals surface area contributed by atoms with Crippen molar-refractivity contribution in [1.82, 2.24) is 4.90 Å². The van der Waals surface area contributed by atoms with Gasteiger partial charge in [-0.25, -0.2) is 0 Å². The minimum absolute atomic E-state index is 0.0450. The number of phenolic OH excluding ortho intramolecular Hbond substituents is 1. The summed E-state index contributed by atoms with van der Waals surface area (Å²) in [4.78, 5) is 14.7. The molecule has 0 amide bonds. The first-order chi connectivity index (χ1) is 10.4. The highest BCUT2D eigenvalue weighted by molar-refractivity contribution is 5.90. The highest BCUT2D eigenvalue weighted by Gasteiger charge is 2.74. The first-order valence-electron chi connectivity index (χ1n) is 7.92. The zero-order valence-electron chi connectivity index (χ0n) is 12.7. The summed E-state index contributed by atoms with van der Waals surface area (Å²) in [7, 11) is 2.03. The fraction of sp³-hybridized carbons (Fsp3) is 0.588. The van der Waals surface area contributed by atoms with E-state index in [1.807, 2.05) is 20.0 Å². The van der Waals surface area contributed by atoms with E-state index in [0.29, 0.717) is 25.0 Å². The zero-order valence-corrected chi connectivity index (χ0v) is 12.7. The first-order valence-corrected chi connectivity index (χ1v) is 7.92. The maximum Gasteiger partial charge on any atom is 0.174 e. The molecule has 5 nitrogen and oxygen atoms in total. The Morgan fingerprint density at radius 2 is 2.18 bits per heavy atom. The van der Waals surface area contributed by atoms with Crippen molar-refractivity contribution in [3.05, 3.63) is 23.3 Å². The van der Waals surface area contributed by atoms with Crippen LogP contribution in [-0.4, -0.2) is 45.7 Å². The molecule has 2 aliphatic carbocycles.